The van der Waals surface area contributed by atoms with E-state index in [-0.39, 0.29) is 18.3 Å². The Hall–Kier alpha value is -2.54. The third-order valence-corrected chi connectivity index (χ3v) is 6.06. The molecule has 9 heteroatoms. The summed E-state index contributed by atoms with van der Waals surface area (Å²) in [5.41, 5.74) is 10.8. The molecule has 0 bridgehead atoms. The number of nitrogens with one attached hydrogen (secondary N) is 1. The van der Waals surface area contributed by atoms with Gasteiger partial charge in [0.15, 0.2) is 11.4 Å². The molecule has 0 radical (unpaired) electrons. The van der Waals surface area contributed by atoms with Crippen LogP contribution < -0.4 is 10.5 Å². The normalized spacial score (nSPS) is 13.3. The number of nitrogens with zero attached hydrogens (tertiary/aromatic N) is 3. The molecule has 1 aliphatic rings. The van der Waals surface area contributed by atoms with E-state index in [0.717, 1.165) is 18.7 Å². The first-order valence-corrected chi connectivity index (χ1v) is 9.93. The van der Waals surface area contributed by atoms with Crippen LogP contribution in [0.4, 0.5) is 5.82 Å². The van der Waals surface area contributed by atoms with E-state index in [1.54, 1.807) is 12.1 Å². The zero-order chi connectivity index (χ0) is 20.1. The van der Waals surface area contributed by atoms with Gasteiger partial charge in [0.2, 0.25) is 0 Å². The number of rotatable bonds is 3. The van der Waals surface area contributed by atoms with Crippen LogP contribution in [-0.4, -0.2) is 27.3 Å². The Bertz CT molecular complexity index is 1230. The predicted molar refractivity (Wildman–Crippen MR) is 122 cm³/mol. The third kappa shape index (κ3) is 3.25. The molecule has 1 aliphatic carbocycles. The summed E-state index contributed by atoms with van der Waals surface area (Å²) < 4.78 is 5.31. The molecule has 2 heterocycles. The number of H-pyrrole nitrogens is 1. The van der Waals surface area contributed by atoms with Crippen molar-refractivity contribution in [1.29, 1.82) is 0 Å². The summed E-state index contributed by atoms with van der Waals surface area (Å²) in [6.45, 7) is 0. The zero-order valence-electron chi connectivity index (χ0n) is 15.9. The van der Waals surface area contributed by atoms with Crippen LogP contribution in [-0.2, 0) is 12.8 Å². The van der Waals surface area contributed by atoms with Crippen molar-refractivity contribution >= 4 is 52.5 Å². The average molecular weight is 463 g/mol. The summed E-state index contributed by atoms with van der Waals surface area (Å²) in [5.74, 6) is 1.68. The highest BCUT2D eigenvalue weighted by Crippen LogP contribution is 2.42. The third-order valence-electron chi connectivity index (χ3n) is 5.39. The van der Waals surface area contributed by atoms with Gasteiger partial charge in [0.1, 0.15) is 17.3 Å². The van der Waals surface area contributed by atoms with Gasteiger partial charge in [-0.15, -0.1) is 12.4 Å². The first kappa shape index (κ1) is 20.7. The number of halogens is 3. The fraction of sp³-hybridized carbons (Fsp3) is 0.190. The minimum atomic E-state index is 0. The van der Waals surface area contributed by atoms with E-state index in [1.807, 2.05) is 0 Å². The number of fused-ring (bicyclic) bond motifs is 2. The van der Waals surface area contributed by atoms with Gasteiger partial charge in [-0.1, -0.05) is 47.5 Å². The number of methoxy groups -OCH3 is 1. The highest BCUT2D eigenvalue weighted by Gasteiger charge is 2.27. The average Bonchev–Trinajstić information content (AvgIpc) is 3.33. The lowest BCUT2D eigenvalue weighted by atomic mass is 10.0. The SMILES string of the molecule is COc1c(Cl)ccc(-c2n[nH]c3nc(C4Cc5ccccc5C4)nc(N)c23)c1Cl.Cl. The first-order chi connectivity index (χ1) is 14.1. The summed E-state index contributed by atoms with van der Waals surface area (Å²) in [6.07, 6.45) is 1.81. The molecule has 4 aromatic rings. The molecule has 6 nitrogen and oxygen atoms in total. The Morgan fingerprint density at radius 2 is 1.77 bits per heavy atom. The number of aromatic amines is 1. The van der Waals surface area contributed by atoms with Crippen molar-refractivity contribution in [2.24, 2.45) is 0 Å². The lowest BCUT2D eigenvalue weighted by molar-refractivity contribution is 0.415. The highest BCUT2D eigenvalue weighted by molar-refractivity contribution is 6.39. The molecule has 0 fully saturated rings. The van der Waals surface area contributed by atoms with Crippen LogP contribution in [0.15, 0.2) is 36.4 Å². The summed E-state index contributed by atoms with van der Waals surface area (Å²) >= 11 is 12.7. The molecule has 2 aromatic carbocycles. The van der Waals surface area contributed by atoms with Crippen LogP contribution in [0.3, 0.4) is 0 Å². The highest BCUT2D eigenvalue weighted by atomic mass is 35.5. The van der Waals surface area contributed by atoms with E-state index in [2.05, 4.69) is 39.4 Å². The van der Waals surface area contributed by atoms with Gasteiger partial charge in [-0.05, 0) is 36.1 Å². The number of ether oxygens (including phenoxy) is 1. The second-order valence-corrected chi connectivity index (χ2v) is 7.86. The van der Waals surface area contributed by atoms with Crippen LogP contribution in [0.5, 0.6) is 5.75 Å². The van der Waals surface area contributed by atoms with E-state index >= 15 is 0 Å². The molecule has 0 amide bonds. The number of hydrogen-bond donors (Lipinski definition) is 2. The quantitative estimate of drug-likeness (QED) is 0.435. The molecule has 0 atom stereocenters. The van der Waals surface area contributed by atoms with Gasteiger partial charge in [-0.3, -0.25) is 5.10 Å². The monoisotopic (exact) mass is 461 g/mol. The van der Waals surface area contributed by atoms with Gasteiger partial charge < -0.3 is 10.5 Å². The van der Waals surface area contributed by atoms with Crippen LogP contribution in [0.25, 0.3) is 22.3 Å². The first-order valence-electron chi connectivity index (χ1n) is 9.17. The van der Waals surface area contributed by atoms with Crippen LogP contribution >= 0.6 is 35.6 Å². The van der Waals surface area contributed by atoms with Gasteiger partial charge in [0, 0.05) is 11.5 Å². The van der Waals surface area contributed by atoms with Gasteiger partial charge in [0.25, 0.3) is 0 Å². The summed E-state index contributed by atoms with van der Waals surface area (Å²) in [5, 5.41) is 8.81. The maximum Gasteiger partial charge on any atom is 0.161 e. The molecule has 30 heavy (non-hydrogen) atoms. The minimum Gasteiger partial charge on any atom is -0.494 e. The standard InChI is InChI=1S/C21H17Cl2N5O.ClH/c1-29-18-14(22)7-6-13(16(18)23)17-15-19(24)25-20(26-21(15)28-27-17)12-8-10-4-2-3-5-11(10)9-12;/h2-7,12H,8-9H2,1H3,(H3,24,25,26,27,28);1H. The molecular weight excluding hydrogens is 445 g/mol. The second kappa shape index (κ2) is 7.95. The molecule has 3 N–H and O–H groups in total. The smallest absolute Gasteiger partial charge is 0.161 e. The zero-order valence-corrected chi connectivity index (χ0v) is 18.3. The molecular formula is C21H18Cl3N5O. The van der Waals surface area contributed by atoms with Gasteiger partial charge in [0.05, 0.1) is 22.5 Å². The lowest BCUT2D eigenvalue weighted by Crippen LogP contribution is -2.07. The van der Waals surface area contributed by atoms with E-state index in [0.29, 0.717) is 43.9 Å². The van der Waals surface area contributed by atoms with Gasteiger partial charge in [-0.2, -0.15) is 5.10 Å². The van der Waals surface area contributed by atoms with Crippen molar-refractivity contribution in [2.75, 3.05) is 12.8 Å². The number of hydrogen-bond acceptors (Lipinski definition) is 5. The largest absolute Gasteiger partial charge is 0.494 e. The van der Waals surface area contributed by atoms with Crippen molar-refractivity contribution in [2.45, 2.75) is 18.8 Å². The van der Waals surface area contributed by atoms with Crippen LogP contribution in [0.1, 0.15) is 22.9 Å². The van der Waals surface area contributed by atoms with Crippen LogP contribution in [0.2, 0.25) is 10.0 Å². The van der Waals surface area contributed by atoms with Crippen LogP contribution in [0, 0.1) is 0 Å². The fourth-order valence-electron chi connectivity index (χ4n) is 4.00. The van der Waals surface area contributed by atoms with Crippen molar-refractivity contribution in [3.05, 3.63) is 63.4 Å². The number of benzene rings is 2. The van der Waals surface area contributed by atoms with E-state index in [1.165, 1.54) is 18.2 Å². The van der Waals surface area contributed by atoms with E-state index in [4.69, 9.17) is 38.7 Å². The molecule has 154 valence electrons. The fourth-order valence-corrected chi connectivity index (χ4v) is 4.61. The Kier molecular flexibility index (Phi) is 5.49. The van der Waals surface area contributed by atoms with Crippen molar-refractivity contribution in [3.8, 4) is 17.0 Å². The molecule has 0 saturated heterocycles. The van der Waals surface area contributed by atoms with Gasteiger partial charge in [-0.25, -0.2) is 9.97 Å². The van der Waals surface area contributed by atoms with Crippen molar-refractivity contribution < 1.29 is 4.74 Å². The molecule has 0 aliphatic heterocycles. The summed E-state index contributed by atoms with van der Waals surface area (Å²) in [6, 6.07) is 11.9. The molecule has 5 rings (SSSR count). The molecule has 0 spiro atoms. The lowest BCUT2D eigenvalue weighted by Gasteiger charge is -2.11. The van der Waals surface area contributed by atoms with Gasteiger partial charge >= 0.3 is 0 Å². The van der Waals surface area contributed by atoms with Crippen molar-refractivity contribution in [3.63, 3.8) is 0 Å². The predicted octanol–water partition coefficient (Wildman–Crippen LogP) is 5.22. The number of nitrogens with two attached hydrogens (primary N) is 1. The number of aromatic nitrogens is 4. The number of anilines is 1. The minimum absolute atomic E-state index is 0. The maximum atomic E-state index is 6.50. The van der Waals surface area contributed by atoms with E-state index in [9.17, 15) is 0 Å². The molecule has 0 saturated carbocycles. The topological polar surface area (TPSA) is 89.7 Å². The Balaban J connectivity index is 0.00000218. The van der Waals surface area contributed by atoms with Crippen molar-refractivity contribution in [1.82, 2.24) is 20.2 Å². The van der Waals surface area contributed by atoms with E-state index < -0.39 is 0 Å². The Labute approximate surface area is 189 Å². The molecule has 0 unspecified atom stereocenters. The maximum absolute atomic E-state index is 6.50. The summed E-state index contributed by atoms with van der Waals surface area (Å²) in [4.78, 5) is 9.35. The summed E-state index contributed by atoms with van der Waals surface area (Å²) in [7, 11) is 1.52. The Morgan fingerprint density at radius 1 is 1.07 bits per heavy atom. The number of nitrogen functional groups attached to an aromatic ring is 1. The molecule has 2 aromatic heterocycles. The Morgan fingerprint density at radius 3 is 2.43 bits per heavy atom. The second-order valence-electron chi connectivity index (χ2n) is 7.08.